The fourth-order valence-electron chi connectivity index (χ4n) is 9.00. The van der Waals surface area contributed by atoms with Gasteiger partial charge in [-0.05, 0) is 123 Å². The Morgan fingerprint density at radius 1 is 0.765 bits per heavy atom. The van der Waals surface area contributed by atoms with Gasteiger partial charge in [0.05, 0.1) is 46.0 Å². The summed E-state index contributed by atoms with van der Waals surface area (Å²) in [5.41, 5.74) is 2.62. The summed E-state index contributed by atoms with van der Waals surface area (Å²) in [5.74, 6) is 1.94. The van der Waals surface area contributed by atoms with Crippen molar-refractivity contribution < 1.29 is 37.6 Å². The highest BCUT2D eigenvalue weighted by Crippen LogP contribution is 2.49. The van der Waals surface area contributed by atoms with E-state index in [4.69, 9.17) is 34.6 Å². The molecule has 362 valence electrons. The lowest BCUT2D eigenvalue weighted by Gasteiger charge is -2.38. The summed E-state index contributed by atoms with van der Waals surface area (Å²) in [4.78, 5) is 33.2. The van der Waals surface area contributed by atoms with Crippen LogP contribution < -0.4 is 19.5 Å². The van der Waals surface area contributed by atoms with E-state index in [-0.39, 0.29) is 61.7 Å². The fraction of sp³-hybridized carbons (Fsp3) is 0.436. The number of likely N-dealkylation sites (tertiary alicyclic amines) is 1. The van der Waals surface area contributed by atoms with Gasteiger partial charge in [0, 0.05) is 31.6 Å². The summed E-state index contributed by atoms with van der Waals surface area (Å²) in [7, 11) is 3.42. The molecule has 0 aromatic heterocycles. The van der Waals surface area contributed by atoms with Crippen molar-refractivity contribution in [3.63, 3.8) is 0 Å². The van der Waals surface area contributed by atoms with Crippen molar-refractivity contribution in [3.05, 3.63) is 149 Å². The molecule has 5 aromatic rings. The second-order valence-electron chi connectivity index (χ2n) is 17.8. The van der Waals surface area contributed by atoms with Crippen LogP contribution in [0.1, 0.15) is 94.9 Å². The van der Waals surface area contributed by atoms with Crippen molar-refractivity contribution in [2.24, 2.45) is 0 Å². The van der Waals surface area contributed by atoms with Gasteiger partial charge in [0.1, 0.15) is 29.5 Å². The molecule has 0 saturated carbocycles. The van der Waals surface area contributed by atoms with E-state index < -0.39 is 14.1 Å². The quantitative estimate of drug-likeness (QED) is 0.0264. The first-order valence-corrected chi connectivity index (χ1v) is 24.9. The molecule has 1 heterocycles. The molecule has 0 radical (unpaired) electrons. The summed E-state index contributed by atoms with van der Waals surface area (Å²) >= 11 is 0. The maximum atomic E-state index is 14.5. The lowest BCUT2D eigenvalue weighted by molar-refractivity contribution is -0.134. The molecule has 13 heteroatoms. The Hall–Kier alpha value is -5.54. The van der Waals surface area contributed by atoms with Crippen LogP contribution in [-0.2, 0) is 29.0 Å². The molecular weight excluding hydrogens is 876 g/mol. The molecule has 0 bridgehead atoms. The highest BCUT2D eigenvalue weighted by atomic mass is 31.2. The van der Waals surface area contributed by atoms with Crippen LogP contribution in [-0.4, -0.2) is 99.8 Å². The molecule has 1 aliphatic rings. The minimum Gasteiger partial charge on any atom is -0.497 e. The minimum atomic E-state index is -1.54. The second kappa shape index (κ2) is 25.2. The first-order chi connectivity index (χ1) is 32.9. The third-order valence-electron chi connectivity index (χ3n) is 12.6. The number of methoxy groups -OCH3 is 3. The number of carbonyl (C=O) groups excluding carboxylic acids is 2. The Balaban J connectivity index is 1.19. The van der Waals surface area contributed by atoms with E-state index in [0.29, 0.717) is 32.4 Å². The molecule has 6 rings (SSSR count). The number of carbonyl (C=O) groups is 2. The summed E-state index contributed by atoms with van der Waals surface area (Å²) in [5, 5.41) is 5.23. The van der Waals surface area contributed by atoms with Crippen molar-refractivity contribution in [1.82, 2.24) is 14.9 Å². The van der Waals surface area contributed by atoms with Crippen molar-refractivity contribution in [3.8, 4) is 17.2 Å². The molecule has 0 spiro atoms. The molecule has 1 fully saturated rings. The van der Waals surface area contributed by atoms with Crippen LogP contribution in [0.4, 0.5) is 0 Å². The Kier molecular flexibility index (Phi) is 19.2. The van der Waals surface area contributed by atoms with Crippen molar-refractivity contribution >= 4 is 31.1 Å². The number of nitrogens with zero attached hydrogens (tertiary/aromatic N) is 3. The molecule has 1 N–H and O–H groups in total. The average Bonchev–Trinajstić information content (AvgIpc) is 3.77. The molecule has 1 unspecified atom stereocenters. The van der Waals surface area contributed by atoms with E-state index >= 15 is 0 Å². The number of rotatable bonds is 25. The molecule has 68 heavy (non-hydrogen) atoms. The molecule has 1 aliphatic heterocycles. The van der Waals surface area contributed by atoms with Gasteiger partial charge in [-0.3, -0.25) is 9.59 Å². The highest BCUT2D eigenvalue weighted by molar-refractivity contribution is 7.44. The standard InChI is InChI=1S/C55H69N4O8P/c1-39(2)59(40(3)4)68(66-33-32-56-6)67-52-36-48(38-65-55(45-16-12-10-13-17-45,46-22-27-49(62-7)28-23-46)47-24-29-50(63-8)30-25-47)58(37-52)53(60)18-14-11-15-31-57-54(61)41(5)42-19-20-44-35-51(64-9)26-21-43(44)34-42/h10,12-13,16-17,19-30,34-35,39-41,48,52H,11,14-15,18,31-33,36-38H2,1-5,7-9H3,(H,57,61)/t41-,48-,52+,68?/m0/s1. The smallest absolute Gasteiger partial charge is 0.259 e. The number of ether oxygens (including phenoxy) is 4. The van der Waals surface area contributed by atoms with Gasteiger partial charge in [0.15, 0.2) is 0 Å². The van der Waals surface area contributed by atoms with Crippen molar-refractivity contribution in [2.75, 3.05) is 54.2 Å². The Morgan fingerprint density at radius 2 is 1.35 bits per heavy atom. The maximum Gasteiger partial charge on any atom is 0.259 e. The highest BCUT2D eigenvalue weighted by Gasteiger charge is 2.43. The van der Waals surface area contributed by atoms with Crippen LogP contribution in [0, 0.1) is 6.57 Å². The molecular formula is C55H69N4O8P. The van der Waals surface area contributed by atoms with Gasteiger partial charge in [-0.15, -0.1) is 0 Å². The topological polar surface area (TPSA) is 112 Å². The zero-order chi connectivity index (χ0) is 48.6. The Labute approximate surface area is 405 Å². The number of unbranched alkanes of at least 4 members (excludes halogenated alkanes) is 2. The van der Waals surface area contributed by atoms with Crippen LogP contribution in [0.3, 0.4) is 0 Å². The molecule has 2 amide bonds. The molecule has 4 atom stereocenters. The Morgan fingerprint density at radius 3 is 1.96 bits per heavy atom. The average molecular weight is 945 g/mol. The Bertz CT molecular complexity index is 2350. The van der Waals surface area contributed by atoms with Gasteiger partial charge in [-0.2, -0.15) is 0 Å². The second-order valence-corrected chi connectivity index (χ2v) is 19.2. The van der Waals surface area contributed by atoms with Gasteiger partial charge < -0.3 is 43.1 Å². The third kappa shape index (κ3) is 13.0. The normalized spacial score (nSPS) is 15.9. The maximum absolute atomic E-state index is 14.5. The van der Waals surface area contributed by atoms with Gasteiger partial charge in [0.25, 0.3) is 8.53 Å². The lowest BCUT2D eigenvalue weighted by atomic mass is 9.80. The van der Waals surface area contributed by atoms with E-state index in [1.165, 1.54) is 0 Å². The summed E-state index contributed by atoms with van der Waals surface area (Å²) in [6, 6.07) is 38.0. The van der Waals surface area contributed by atoms with Gasteiger partial charge >= 0.3 is 0 Å². The van der Waals surface area contributed by atoms with Crippen molar-refractivity contribution in [2.45, 2.75) is 102 Å². The number of fused-ring (bicyclic) bond motifs is 1. The summed E-state index contributed by atoms with van der Waals surface area (Å²) in [6.07, 6.45) is 2.74. The number of amides is 2. The SMILES string of the molecule is [C-]#[N+]CCOP(O[C@@H]1C[C@@H](COC(c2ccccc2)(c2ccc(OC)cc2)c2ccc(OC)cc2)N(C(=O)CCCCCNC(=O)[C@@H](C)c2ccc3cc(OC)ccc3c2)C1)N(C(C)C)C(C)C. The van der Waals surface area contributed by atoms with E-state index in [0.717, 1.165) is 63.1 Å². The zero-order valence-electron chi connectivity index (χ0n) is 41.0. The van der Waals surface area contributed by atoms with E-state index in [1.807, 2.05) is 109 Å². The molecule has 5 aromatic carbocycles. The van der Waals surface area contributed by atoms with Crippen LogP contribution in [0.15, 0.2) is 115 Å². The molecule has 1 saturated heterocycles. The lowest BCUT2D eigenvalue weighted by Crippen LogP contribution is -2.42. The first kappa shape index (κ1) is 51.8. The van der Waals surface area contributed by atoms with Crippen LogP contribution in [0.25, 0.3) is 15.6 Å². The number of nitrogens with one attached hydrogen (secondary N) is 1. The number of hydrogen-bond acceptors (Lipinski definition) is 9. The fourth-order valence-corrected chi connectivity index (χ4v) is 10.7. The first-order valence-electron chi connectivity index (χ1n) is 23.8. The molecule has 12 nitrogen and oxygen atoms in total. The van der Waals surface area contributed by atoms with Crippen LogP contribution >= 0.6 is 8.53 Å². The predicted octanol–water partition coefficient (Wildman–Crippen LogP) is 10.9. The van der Waals surface area contributed by atoms with Crippen LogP contribution in [0.5, 0.6) is 17.2 Å². The number of hydrogen-bond donors (Lipinski definition) is 1. The van der Waals surface area contributed by atoms with E-state index in [2.05, 4.69) is 60.7 Å². The van der Waals surface area contributed by atoms with E-state index in [1.54, 1.807) is 21.3 Å². The zero-order valence-corrected chi connectivity index (χ0v) is 41.9. The summed E-state index contributed by atoms with van der Waals surface area (Å²) < 4.78 is 39.3. The number of benzene rings is 5. The van der Waals surface area contributed by atoms with E-state index in [9.17, 15) is 9.59 Å². The van der Waals surface area contributed by atoms with Gasteiger partial charge in [-0.1, -0.05) is 85.3 Å². The predicted molar refractivity (Wildman–Crippen MR) is 270 cm³/mol. The van der Waals surface area contributed by atoms with Crippen LogP contribution in [0.2, 0.25) is 0 Å². The minimum absolute atomic E-state index is 0.0257. The van der Waals surface area contributed by atoms with Crippen molar-refractivity contribution in [1.29, 1.82) is 0 Å². The monoisotopic (exact) mass is 944 g/mol. The molecule has 0 aliphatic carbocycles. The van der Waals surface area contributed by atoms with Gasteiger partial charge in [0.2, 0.25) is 18.4 Å². The van der Waals surface area contributed by atoms with Gasteiger partial charge in [-0.25, -0.2) is 11.2 Å². The summed E-state index contributed by atoms with van der Waals surface area (Å²) in [6.45, 7) is 19.4. The largest absolute Gasteiger partial charge is 0.497 e. The third-order valence-corrected chi connectivity index (χ3v) is 14.8.